The van der Waals surface area contributed by atoms with E-state index in [0.717, 1.165) is 72.1 Å². The Kier molecular flexibility index (Phi) is 8.15. The molecule has 2 heterocycles. The van der Waals surface area contributed by atoms with Crippen LogP contribution in [0.5, 0.6) is 0 Å². The minimum Gasteiger partial charge on any atom is -0.388 e. The van der Waals surface area contributed by atoms with Crippen molar-refractivity contribution in [3.05, 3.63) is 87.5 Å². The Hall–Kier alpha value is -3.80. The molecule has 1 aliphatic rings. The zero-order valence-electron chi connectivity index (χ0n) is 23.5. The van der Waals surface area contributed by atoms with E-state index in [0.29, 0.717) is 18.6 Å². The van der Waals surface area contributed by atoms with E-state index in [2.05, 4.69) is 23.3 Å². The third-order valence-electron chi connectivity index (χ3n) is 7.72. The van der Waals surface area contributed by atoms with Gasteiger partial charge in [0.15, 0.2) is 5.65 Å². The lowest BCUT2D eigenvalue weighted by Gasteiger charge is -2.32. The number of hydrogen-bond donors (Lipinski definition) is 1. The zero-order valence-corrected chi connectivity index (χ0v) is 23.5. The summed E-state index contributed by atoms with van der Waals surface area (Å²) in [5.41, 5.74) is 5.12. The minimum atomic E-state index is -0.857. The molecule has 5 rings (SSSR count). The second-order valence-corrected chi connectivity index (χ2v) is 11.4. The maximum atomic E-state index is 14.2. The van der Waals surface area contributed by atoms with Crippen molar-refractivity contribution in [1.29, 1.82) is 5.26 Å². The summed E-state index contributed by atoms with van der Waals surface area (Å²) >= 11 is 0. The van der Waals surface area contributed by atoms with Gasteiger partial charge in [0.25, 0.3) is 5.56 Å². The van der Waals surface area contributed by atoms with E-state index in [1.807, 2.05) is 57.6 Å². The first-order valence-electron chi connectivity index (χ1n) is 14.2. The summed E-state index contributed by atoms with van der Waals surface area (Å²) in [6, 6.07) is 18.0. The zero-order chi connectivity index (χ0) is 28.3. The van der Waals surface area contributed by atoms with Gasteiger partial charge < -0.3 is 9.84 Å². The number of nitriles is 1. The van der Waals surface area contributed by atoms with Crippen LogP contribution in [0.15, 0.2) is 59.5 Å². The lowest BCUT2D eigenvalue weighted by atomic mass is 9.92. The molecule has 4 aromatic rings. The summed E-state index contributed by atoms with van der Waals surface area (Å²) in [5, 5.41) is 28.1. The van der Waals surface area contributed by atoms with Crippen LogP contribution in [0, 0.1) is 11.3 Å². The van der Waals surface area contributed by atoms with Crippen LogP contribution >= 0.6 is 0 Å². The lowest BCUT2D eigenvalue weighted by Crippen LogP contribution is -2.36. The molecule has 1 aliphatic carbocycles. The molecule has 0 spiro atoms. The molecular weight excluding hydrogens is 502 g/mol. The largest absolute Gasteiger partial charge is 0.388 e. The van der Waals surface area contributed by atoms with E-state index in [-0.39, 0.29) is 17.7 Å². The Labute approximate surface area is 234 Å². The average Bonchev–Trinajstić information content (AvgIpc) is 3.44. The highest BCUT2D eigenvalue weighted by molar-refractivity contribution is 5.70. The third kappa shape index (κ3) is 5.86. The second kappa shape index (κ2) is 11.7. The highest BCUT2D eigenvalue weighted by Crippen LogP contribution is 2.32. The standard InChI is InChI=1S/C32H37N5O3/c1-4-7-29-28(18-22-10-12-23(13-11-22)27-9-6-5-8-24(27)19-33)31(38)36(30-20-34-35-37(29)30)25-14-16-26(17-15-25)40-21-32(2,3)39/h5-6,8-13,20,25-26,39H,4,7,14-18,21H2,1-3H3. The molecule has 0 saturated heterocycles. The number of hydrogen-bond acceptors (Lipinski definition) is 6. The number of nitrogens with zero attached hydrogens (tertiary/aromatic N) is 5. The number of fused-ring (bicyclic) bond motifs is 1. The topological polar surface area (TPSA) is 105 Å². The van der Waals surface area contributed by atoms with Gasteiger partial charge in [0.1, 0.15) is 0 Å². The molecule has 1 fully saturated rings. The summed E-state index contributed by atoms with van der Waals surface area (Å²) in [7, 11) is 0. The molecule has 8 heteroatoms. The summed E-state index contributed by atoms with van der Waals surface area (Å²) in [5.74, 6) is 0. The first-order chi connectivity index (χ1) is 19.3. The maximum Gasteiger partial charge on any atom is 0.257 e. The van der Waals surface area contributed by atoms with Crippen LogP contribution in [0.2, 0.25) is 0 Å². The molecule has 0 atom stereocenters. The normalized spacial score (nSPS) is 17.7. The minimum absolute atomic E-state index is 0.0259. The second-order valence-electron chi connectivity index (χ2n) is 11.4. The van der Waals surface area contributed by atoms with E-state index in [9.17, 15) is 15.2 Å². The van der Waals surface area contributed by atoms with Gasteiger partial charge in [-0.3, -0.25) is 9.36 Å². The molecule has 0 amide bonds. The Morgan fingerprint density at radius 2 is 1.82 bits per heavy atom. The van der Waals surface area contributed by atoms with Crippen LogP contribution in [-0.2, 0) is 17.6 Å². The lowest BCUT2D eigenvalue weighted by molar-refractivity contribution is -0.0654. The van der Waals surface area contributed by atoms with Crippen molar-refractivity contribution in [2.45, 2.75) is 83.5 Å². The first-order valence-corrected chi connectivity index (χ1v) is 14.2. The summed E-state index contributed by atoms with van der Waals surface area (Å²) in [6.07, 6.45) is 7.19. The molecule has 1 N–H and O–H groups in total. The molecule has 0 bridgehead atoms. The van der Waals surface area contributed by atoms with Gasteiger partial charge in [-0.1, -0.05) is 61.0 Å². The van der Waals surface area contributed by atoms with Crippen LogP contribution in [0.4, 0.5) is 0 Å². The van der Waals surface area contributed by atoms with E-state index < -0.39 is 5.60 Å². The van der Waals surface area contributed by atoms with Crippen molar-refractivity contribution in [3.8, 4) is 17.2 Å². The molecular formula is C32H37N5O3. The number of aryl methyl sites for hydroxylation is 1. The van der Waals surface area contributed by atoms with Crippen molar-refractivity contribution < 1.29 is 9.84 Å². The van der Waals surface area contributed by atoms with E-state index in [1.165, 1.54) is 0 Å². The van der Waals surface area contributed by atoms with Gasteiger partial charge in [-0.2, -0.15) is 5.26 Å². The van der Waals surface area contributed by atoms with Gasteiger partial charge in [-0.25, -0.2) is 4.52 Å². The van der Waals surface area contributed by atoms with Crippen molar-refractivity contribution in [3.63, 3.8) is 0 Å². The van der Waals surface area contributed by atoms with Gasteiger partial charge >= 0.3 is 0 Å². The molecule has 0 unspecified atom stereocenters. The summed E-state index contributed by atoms with van der Waals surface area (Å²) in [4.78, 5) is 14.2. The maximum absolute atomic E-state index is 14.2. The predicted octanol–water partition coefficient (Wildman–Crippen LogP) is 5.24. The van der Waals surface area contributed by atoms with Crippen LogP contribution in [0.1, 0.15) is 81.3 Å². The van der Waals surface area contributed by atoms with Crippen molar-refractivity contribution in [2.24, 2.45) is 0 Å². The Balaban J connectivity index is 1.45. The van der Waals surface area contributed by atoms with Gasteiger partial charge in [0.05, 0.1) is 41.8 Å². The van der Waals surface area contributed by atoms with Crippen LogP contribution in [0.25, 0.3) is 16.8 Å². The molecule has 2 aromatic carbocycles. The van der Waals surface area contributed by atoms with Crippen LogP contribution in [0.3, 0.4) is 0 Å². The highest BCUT2D eigenvalue weighted by atomic mass is 16.5. The van der Waals surface area contributed by atoms with Gasteiger partial charge in [0, 0.05) is 18.0 Å². The molecule has 0 radical (unpaired) electrons. The third-order valence-corrected chi connectivity index (χ3v) is 7.72. The molecule has 8 nitrogen and oxygen atoms in total. The van der Waals surface area contributed by atoms with E-state index in [1.54, 1.807) is 20.0 Å². The van der Waals surface area contributed by atoms with Crippen LogP contribution in [-0.4, -0.2) is 42.8 Å². The van der Waals surface area contributed by atoms with Crippen molar-refractivity contribution >= 4 is 5.65 Å². The number of benzene rings is 2. The molecule has 2 aromatic heterocycles. The SMILES string of the molecule is CCCc1c(Cc2ccc(-c3ccccc3C#N)cc2)c(=O)n(C2CCC(OCC(C)(C)O)CC2)c2cnnn12. The Morgan fingerprint density at radius 1 is 1.10 bits per heavy atom. The molecule has 1 saturated carbocycles. The summed E-state index contributed by atoms with van der Waals surface area (Å²) < 4.78 is 9.72. The predicted molar refractivity (Wildman–Crippen MR) is 154 cm³/mol. The quantitative estimate of drug-likeness (QED) is 0.312. The molecule has 40 heavy (non-hydrogen) atoms. The number of aromatic nitrogens is 4. The highest BCUT2D eigenvalue weighted by Gasteiger charge is 2.28. The smallest absolute Gasteiger partial charge is 0.257 e. The molecule has 208 valence electrons. The Bertz CT molecular complexity index is 1570. The fourth-order valence-electron chi connectivity index (χ4n) is 5.74. The van der Waals surface area contributed by atoms with E-state index >= 15 is 0 Å². The average molecular weight is 540 g/mol. The number of aliphatic hydroxyl groups is 1. The van der Waals surface area contributed by atoms with Crippen molar-refractivity contribution in [1.82, 2.24) is 19.4 Å². The Morgan fingerprint density at radius 3 is 2.50 bits per heavy atom. The summed E-state index contributed by atoms with van der Waals surface area (Å²) in [6.45, 7) is 5.91. The van der Waals surface area contributed by atoms with Gasteiger partial charge in [-0.05, 0) is 68.7 Å². The first kappa shape index (κ1) is 27.8. The number of rotatable bonds is 9. The van der Waals surface area contributed by atoms with E-state index in [4.69, 9.17) is 4.74 Å². The fourth-order valence-corrected chi connectivity index (χ4v) is 5.74. The molecule has 0 aliphatic heterocycles. The van der Waals surface area contributed by atoms with Crippen LogP contribution < -0.4 is 5.56 Å². The fraction of sp³-hybridized carbons (Fsp3) is 0.438. The van der Waals surface area contributed by atoms with Gasteiger partial charge in [0.2, 0.25) is 0 Å². The van der Waals surface area contributed by atoms with Crippen molar-refractivity contribution in [2.75, 3.05) is 6.61 Å². The van der Waals surface area contributed by atoms with Gasteiger partial charge in [-0.15, -0.1) is 5.10 Å². The number of ether oxygens (including phenoxy) is 1. The monoisotopic (exact) mass is 539 g/mol.